The number of nitrogens with zero attached hydrogens (tertiary/aromatic N) is 3. The van der Waals surface area contributed by atoms with Crippen LogP contribution in [0.1, 0.15) is 36.0 Å². The fourth-order valence-electron chi connectivity index (χ4n) is 3.39. The first-order valence-corrected chi connectivity index (χ1v) is 8.50. The number of aliphatic hydroxyl groups is 1. The van der Waals surface area contributed by atoms with Crippen molar-refractivity contribution in [2.24, 2.45) is 0 Å². The van der Waals surface area contributed by atoms with E-state index in [0.29, 0.717) is 12.5 Å². The van der Waals surface area contributed by atoms with Crippen LogP contribution in [-0.4, -0.2) is 33.2 Å². The number of aryl methyl sites for hydroxylation is 1. The monoisotopic (exact) mass is 340 g/mol. The number of benzene rings is 1. The second-order valence-electron chi connectivity index (χ2n) is 6.90. The van der Waals surface area contributed by atoms with Crippen molar-refractivity contribution in [1.82, 2.24) is 15.0 Å². The highest BCUT2D eigenvalue weighted by Gasteiger charge is 2.30. The van der Waals surface area contributed by atoms with Crippen molar-refractivity contribution in [2.75, 3.05) is 11.9 Å². The number of aliphatic hydroxyl groups excluding tert-OH is 1. The summed E-state index contributed by atoms with van der Waals surface area (Å²) in [7, 11) is 1.98. The normalized spacial score (nSPS) is 19.8. The van der Waals surface area contributed by atoms with E-state index in [9.17, 15) is 9.50 Å². The van der Waals surface area contributed by atoms with E-state index < -0.39 is 0 Å². The number of H-pyrrole nitrogens is 1. The predicted molar refractivity (Wildman–Crippen MR) is 95.1 cm³/mol. The van der Waals surface area contributed by atoms with Crippen molar-refractivity contribution < 1.29 is 9.50 Å². The molecule has 1 aliphatic rings. The maximum atomic E-state index is 13.3. The lowest BCUT2D eigenvalue weighted by Gasteiger charge is -2.31. The van der Waals surface area contributed by atoms with Gasteiger partial charge in [-0.1, -0.05) is 0 Å². The van der Waals surface area contributed by atoms with Gasteiger partial charge in [0.05, 0.1) is 12.6 Å². The maximum absolute atomic E-state index is 13.3. The van der Waals surface area contributed by atoms with Crippen molar-refractivity contribution in [2.45, 2.75) is 38.3 Å². The van der Waals surface area contributed by atoms with E-state index in [4.69, 9.17) is 0 Å². The molecule has 0 amide bonds. The maximum Gasteiger partial charge on any atom is 0.132 e. The van der Waals surface area contributed by atoms with Crippen LogP contribution < -0.4 is 4.90 Å². The molecular formula is C19H21FN4O. The van der Waals surface area contributed by atoms with Gasteiger partial charge in [-0.2, -0.15) is 0 Å². The van der Waals surface area contributed by atoms with E-state index in [-0.39, 0.29) is 11.9 Å². The van der Waals surface area contributed by atoms with Gasteiger partial charge in [-0.05, 0) is 44.0 Å². The van der Waals surface area contributed by atoms with Crippen LogP contribution in [0.15, 0.2) is 30.3 Å². The number of hydrogen-bond acceptors (Lipinski definition) is 4. The van der Waals surface area contributed by atoms with Gasteiger partial charge in [0.2, 0.25) is 0 Å². The number of aromatic nitrogens is 3. The molecule has 0 spiro atoms. The summed E-state index contributed by atoms with van der Waals surface area (Å²) in [6.45, 7) is 2.53. The number of anilines is 1. The third-order valence-corrected chi connectivity index (χ3v) is 4.81. The predicted octanol–water partition coefficient (Wildman–Crippen LogP) is 3.28. The van der Waals surface area contributed by atoms with Gasteiger partial charge in [0.1, 0.15) is 17.5 Å². The fourth-order valence-corrected chi connectivity index (χ4v) is 3.39. The molecule has 3 aromatic rings. The van der Waals surface area contributed by atoms with E-state index in [1.807, 2.05) is 31.0 Å². The topological polar surface area (TPSA) is 65.0 Å². The van der Waals surface area contributed by atoms with Crippen LogP contribution in [0.25, 0.3) is 10.9 Å². The van der Waals surface area contributed by atoms with Gasteiger partial charge in [-0.15, -0.1) is 0 Å². The smallest absolute Gasteiger partial charge is 0.132 e. The Morgan fingerprint density at radius 1 is 1.24 bits per heavy atom. The van der Waals surface area contributed by atoms with Crippen LogP contribution in [0.2, 0.25) is 0 Å². The number of aromatic amines is 1. The van der Waals surface area contributed by atoms with Crippen molar-refractivity contribution in [3.63, 3.8) is 0 Å². The van der Waals surface area contributed by atoms with E-state index in [2.05, 4.69) is 15.0 Å². The number of halogens is 1. The largest absolute Gasteiger partial charge is 0.393 e. The summed E-state index contributed by atoms with van der Waals surface area (Å²) in [4.78, 5) is 14.4. The van der Waals surface area contributed by atoms with Gasteiger partial charge in [0.25, 0.3) is 0 Å². The highest BCUT2D eigenvalue weighted by Crippen LogP contribution is 2.36. The summed E-state index contributed by atoms with van der Waals surface area (Å²) in [5.41, 5.74) is 2.92. The van der Waals surface area contributed by atoms with Crippen LogP contribution in [0.4, 0.5) is 10.2 Å². The molecule has 0 aliphatic heterocycles. The molecule has 1 aliphatic carbocycles. The first-order chi connectivity index (χ1) is 12.0. The summed E-state index contributed by atoms with van der Waals surface area (Å²) >= 11 is 0. The Kier molecular flexibility index (Phi) is 3.92. The first-order valence-electron chi connectivity index (χ1n) is 8.50. The minimum Gasteiger partial charge on any atom is -0.393 e. The van der Waals surface area contributed by atoms with Crippen LogP contribution in [-0.2, 0) is 6.54 Å². The summed E-state index contributed by atoms with van der Waals surface area (Å²) in [6.07, 6.45) is 1.34. The molecule has 5 nitrogen and oxygen atoms in total. The van der Waals surface area contributed by atoms with Gasteiger partial charge in [-0.3, -0.25) is 0 Å². The second kappa shape index (κ2) is 6.11. The minimum absolute atomic E-state index is 0.201. The Morgan fingerprint density at radius 2 is 2.04 bits per heavy atom. The van der Waals surface area contributed by atoms with Crippen molar-refractivity contribution >= 4 is 16.7 Å². The van der Waals surface area contributed by atoms with Gasteiger partial charge in [0, 0.05) is 41.3 Å². The molecule has 4 rings (SSSR count). The van der Waals surface area contributed by atoms with Crippen molar-refractivity contribution in [3.05, 3.63) is 53.4 Å². The Labute approximate surface area is 145 Å². The molecule has 6 heteroatoms. The Bertz CT molecular complexity index is 917. The van der Waals surface area contributed by atoms with E-state index in [0.717, 1.165) is 46.8 Å². The molecule has 25 heavy (non-hydrogen) atoms. The molecule has 1 aromatic carbocycles. The molecule has 0 bridgehead atoms. The quantitative estimate of drug-likeness (QED) is 0.765. The fraction of sp³-hybridized carbons (Fsp3) is 0.368. The molecule has 0 atom stereocenters. The zero-order valence-electron chi connectivity index (χ0n) is 14.3. The Balaban J connectivity index is 1.56. The van der Waals surface area contributed by atoms with Gasteiger partial charge < -0.3 is 15.0 Å². The summed E-state index contributed by atoms with van der Waals surface area (Å²) < 4.78 is 13.3. The third-order valence-electron chi connectivity index (χ3n) is 4.81. The molecule has 130 valence electrons. The summed E-state index contributed by atoms with van der Waals surface area (Å²) in [5, 5.41) is 10.4. The highest BCUT2D eigenvalue weighted by molar-refractivity contribution is 5.80. The van der Waals surface area contributed by atoms with Crippen LogP contribution in [0.3, 0.4) is 0 Å². The van der Waals surface area contributed by atoms with E-state index in [1.54, 1.807) is 6.07 Å². The zero-order chi connectivity index (χ0) is 17.6. The molecule has 2 aromatic heterocycles. The summed E-state index contributed by atoms with van der Waals surface area (Å²) in [5.74, 6) is 1.68. The Hall–Kier alpha value is -2.47. The number of nitrogens with one attached hydrogen (secondary N) is 1. The number of rotatable bonds is 4. The van der Waals surface area contributed by atoms with E-state index >= 15 is 0 Å². The standard InChI is InChI=1S/C19H21FN4O/c1-11-21-18(13-7-16(25)8-13)9-19(22-11)24(2)10-15-6-12-5-14(20)3-4-17(12)23-15/h3-6,9,13,16,23,25H,7-8,10H2,1-2H3. The Morgan fingerprint density at radius 3 is 2.80 bits per heavy atom. The van der Waals surface area contributed by atoms with Crippen LogP contribution >= 0.6 is 0 Å². The molecule has 2 heterocycles. The SMILES string of the molecule is Cc1nc(C2CC(O)C2)cc(N(C)Cc2cc3cc(F)ccc3[nH]2)n1. The molecule has 2 N–H and O–H groups in total. The molecule has 0 unspecified atom stereocenters. The highest BCUT2D eigenvalue weighted by atomic mass is 19.1. The van der Waals surface area contributed by atoms with Gasteiger partial charge in [-0.25, -0.2) is 14.4 Å². The lowest BCUT2D eigenvalue weighted by Crippen LogP contribution is -2.28. The van der Waals surface area contributed by atoms with Gasteiger partial charge in [0.15, 0.2) is 0 Å². The van der Waals surface area contributed by atoms with Crippen molar-refractivity contribution in [1.29, 1.82) is 0 Å². The second-order valence-corrected chi connectivity index (χ2v) is 6.90. The van der Waals surface area contributed by atoms with Gasteiger partial charge >= 0.3 is 0 Å². The average molecular weight is 340 g/mol. The molecule has 0 radical (unpaired) electrons. The lowest BCUT2D eigenvalue weighted by molar-refractivity contribution is 0.0731. The number of fused-ring (bicyclic) bond motifs is 1. The zero-order valence-corrected chi connectivity index (χ0v) is 14.3. The molecular weight excluding hydrogens is 319 g/mol. The minimum atomic E-state index is -0.231. The van der Waals surface area contributed by atoms with Crippen LogP contribution in [0.5, 0.6) is 0 Å². The number of hydrogen-bond donors (Lipinski definition) is 2. The first kappa shape index (κ1) is 16.0. The average Bonchev–Trinajstić information content (AvgIpc) is 2.92. The third kappa shape index (κ3) is 3.22. The molecule has 1 fully saturated rings. The summed E-state index contributed by atoms with van der Waals surface area (Å²) in [6, 6.07) is 8.71. The molecule has 0 saturated heterocycles. The van der Waals surface area contributed by atoms with E-state index in [1.165, 1.54) is 12.1 Å². The van der Waals surface area contributed by atoms with Crippen LogP contribution in [0, 0.1) is 12.7 Å². The lowest BCUT2D eigenvalue weighted by atomic mass is 9.80. The molecule has 1 saturated carbocycles. The van der Waals surface area contributed by atoms with Crippen molar-refractivity contribution in [3.8, 4) is 0 Å².